The molecule has 0 fully saturated rings. The third-order valence-corrected chi connectivity index (χ3v) is 3.42. The van der Waals surface area contributed by atoms with Crippen molar-refractivity contribution < 1.29 is 4.79 Å². The minimum Gasteiger partial charge on any atom is -0.298 e. The molecule has 0 aliphatic heterocycles. The summed E-state index contributed by atoms with van der Waals surface area (Å²) in [6.07, 6.45) is 4.42. The highest BCUT2D eigenvalue weighted by molar-refractivity contribution is 9.10. The molecule has 0 aliphatic carbocycles. The molecule has 3 aromatic rings. The van der Waals surface area contributed by atoms with Gasteiger partial charge in [-0.3, -0.25) is 9.20 Å². The van der Waals surface area contributed by atoms with Crippen LogP contribution in [0, 0.1) is 0 Å². The van der Waals surface area contributed by atoms with E-state index in [0.29, 0.717) is 11.3 Å². The van der Waals surface area contributed by atoms with E-state index in [1.54, 1.807) is 18.3 Å². The summed E-state index contributed by atoms with van der Waals surface area (Å²) in [5.74, 6) is 0.638. The van der Waals surface area contributed by atoms with E-state index in [2.05, 4.69) is 25.9 Å². The SMILES string of the molecule is O=Cc1ccc(-c2nc3ncccn3c2Br)cc1. The molecule has 1 aromatic carbocycles. The van der Waals surface area contributed by atoms with Gasteiger partial charge in [0.2, 0.25) is 5.78 Å². The predicted molar refractivity (Wildman–Crippen MR) is 71.5 cm³/mol. The number of rotatable bonds is 2. The number of fused-ring (bicyclic) bond motifs is 1. The Bertz CT molecular complexity index is 719. The molecule has 0 saturated heterocycles. The topological polar surface area (TPSA) is 47.3 Å². The van der Waals surface area contributed by atoms with Crippen LogP contribution in [-0.2, 0) is 0 Å². The Morgan fingerprint density at radius 2 is 2.00 bits per heavy atom. The lowest BCUT2D eigenvalue weighted by molar-refractivity contribution is 0.112. The number of imidazole rings is 1. The molecule has 4 nitrogen and oxygen atoms in total. The minimum atomic E-state index is 0.638. The summed E-state index contributed by atoms with van der Waals surface area (Å²) in [6.45, 7) is 0. The van der Waals surface area contributed by atoms with Gasteiger partial charge in [-0.15, -0.1) is 0 Å². The van der Waals surface area contributed by atoms with Crippen molar-refractivity contribution in [3.8, 4) is 11.3 Å². The normalized spacial score (nSPS) is 10.7. The van der Waals surface area contributed by atoms with Crippen molar-refractivity contribution in [2.75, 3.05) is 0 Å². The van der Waals surface area contributed by atoms with Crippen LogP contribution in [0.15, 0.2) is 47.3 Å². The van der Waals surface area contributed by atoms with Gasteiger partial charge in [-0.05, 0) is 22.0 Å². The van der Waals surface area contributed by atoms with Crippen molar-refractivity contribution in [1.82, 2.24) is 14.4 Å². The van der Waals surface area contributed by atoms with Crippen LogP contribution in [0.5, 0.6) is 0 Å². The summed E-state index contributed by atoms with van der Waals surface area (Å²) in [5.41, 5.74) is 2.40. The van der Waals surface area contributed by atoms with Gasteiger partial charge in [0.25, 0.3) is 0 Å². The number of nitrogens with zero attached hydrogens (tertiary/aromatic N) is 3. The Morgan fingerprint density at radius 3 is 2.67 bits per heavy atom. The van der Waals surface area contributed by atoms with Crippen LogP contribution in [0.3, 0.4) is 0 Å². The lowest BCUT2D eigenvalue weighted by Crippen LogP contribution is -1.85. The summed E-state index contributed by atoms with van der Waals surface area (Å²) in [6, 6.07) is 9.13. The summed E-state index contributed by atoms with van der Waals surface area (Å²) in [4.78, 5) is 19.3. The van der Waals surface area contributed by atoms with Crippen LogP contribution in [0.4, 0.5) is 0 Å². The fourth-order valence-corrected chi connectivity index (χ4v) is 2.36. The van der Waals surface area contributed by atoms with E-state index >= 15 is 0 Å². The number of benzene rings is 1. The molecule has 0 atom stereocenters. The second kappa shape index (κ2) is 4.34. The zero-order valence-electron chi connectivity index (χ0n) is 9.25. The first-order valence-corrected chi connectivity index (χ1v) is 6.13. The third-order valence-electron chi connectivity index (χ3n) is 2.67. The van der Waals surface area contributed by atoms with Gasteiger partial charge in [-0.2, -0.15) is 0 Å². The van der Waals surface area contributed by atoms with Crippen LogP contribution < -0.4 is 0 Å². The first-order chi connectivity index (χ1) is 8.79. The number of aromatic nitrogens is 3. The molecular weight excluding hydrogens is 294 g/mol. The molecule has 3 rings (SSSR count). The molecule has 0 unspecified atom stereocenters. The number of hydrogen-bond donors (Lipinski definition) is 0. The van der Waals surface area contributed by atoms with E-state index in [9.17, 15) is 4.79 Å². The molecule has 0 aliphatic rings. The van der Waals surface area contributed by atoms with E-state index < -0.39 is 0 Å². The lowest BCUT2D eigenvalue weighted by atomic mass is 10.1. The second-order valence-electron chi connectivity index (χ2n) is 3.78. The molecule has 0 bridgehead atoms. The largest absolute Gasteiger partial charge is 0.298 e. The summed E-state index contributed by atoms with van der Waals surface area (Å²) < 4.78 is 2.72. The van der Waals surface area contributed by atoms with Gasteiger partial charge in [-0.1, -0.05) is 24.3 Å². The van der Waals surface area contributed by atoms with Gasteiger partial charge >= 0.3 is 0 Å². The molecular formula is C13H8BrN3O. The van der Waals surface area contributed by atoms with Gasteiger partial charge in [0.1, 0.15) is 16.6 Å². The predicted octanol–water partition coefficient (Wildman–Crippen LogP) is 2.97. The van der Waals surface area contributed by atoms with Gasteiger partial charge < -0.3 is 0 Å². The molecule has 0 amide bonds. The maximum atomic E-state index is 10.6. The van der Waals surface area contributed by atoms with Gasteiger partial charge in [-0.25, -0.2) is 9.97 Å². The van der Waals surface area contributed by atoms with Crippen molar-refractivity contribution in [1.29, 1.82) is 0 Å². The Labute approximate surface area is 111 Å². The Kier molecular flexibility index (Phi) is 2.68. The maximum Gasteiger partial charge on any atom is 0.235 e. The molecule has 0 N–H and O–H groups in total. The molecule has 0 spiro atoms. The zero-order valence-corrected chi connectivity index (χ0v) is 10.8. The summed E-state index contributed by atoms with van der Waals surface area (Å²) in [7, 11) is 0. The van der Waals surface area contributed by atoms with Gasteiger partial charge in [0.05, 0.1) is 0 Å². The van der Waals surface area contributed by atoms with Gasteiger partial charge in [0.15, 0.2) is 0 Å². The fraction of sp³-hybridized carbons (Fsp3) is 0. The van der Waals surface area contributed by atoms with Crippen LogP contribution in [0.25, 0.3) is 17.0 Å². The van der Waals surface area contributed by atoms with Crippen molar-refractivity contribution in [2.24, 2.45) is 0 Å². The van der Waals surface area contributed by atoms with E-state index in [1.165, 1.54) is 0 Å². The van der Waals surface area contributed by atoms with Crippen LogP contribution in [0.2, 0.25) is 0 Å². The Hall–Kier alpha value is -2.01. The van der Waals surface area contributed by atoms with E-state index in [0.717, 1.165) is 22.1 Å². The fourth-order valence-electron chi connectivity index (χ4n) is 1.76. The number of halogens is 1. The van der Waals surface area contributed by atoms with Crippen molar-refractivity contribution >= 4 is 28.0 Å². The summed E-state index contributed by atoms with van der Waals surface area (Å²) >= 11 is 3.52. The highest BCUT2D eigenvalue weighted by Gasteiger charge is 2.11. The average Bonchev–Trinajstić information content (AvgIpc) is 2.77. The average molecular weight is 302 g/mol. The molecule has 5 heteroatoms. The van der Waals surface area contributed by atoms with Crippen molar-refractivity contribution in [2.45, 2.75) is 0 Å². The lowest BCUT2D eigenvalue weighted by Gasteiger charge is -1.98. The van der Waals surface area contributed by atoms with Gasteiger partial charge in [0, 0.05) is 23.5 Å². The highest BCUT2D eigenvalue weighted by Crippen LogP contribution is 2.27. The Morgan fingerprint density at radius 1 is 1.22 bits per heavy atom. The molecule has 2 heterocycles. The van der Waals surface area contributed by atoms with Crippen molar-refractivity contribution in [3.05, 3.63) is 52.9 Å². The van der Waals surface area contributed by atoms with Crippen LogP contribution >= 0.6 is 15.9 Å². The number of carbonyl (C=O) groups excluding carboxylic acids is 1. The second-order valence-corrected chi connectivity index (χ2v) is 4.53. The standard InChI is InChI=1S/C13H8BrN3O/c14-12-11(10-4-2-9(8-18)3-5-10)16-13-15-6-1-7-17(12)13/h1-8H. The first kappa shape index (κ1) is 11.1. The monoisotopic (exact) mass is 301 g/mol. The summed E-state index contributed by atoms with van der Waals surface area (Å²) in [5, 5.41) is 0. The third kappa shape index (κ3) is 1.73. The molecule has 88 valence electrons. The highest BCUT2D eigenvalue weighted by atomic mass is 79.9. The number of hydrogen-bond acceptors (Lipinski definition) is 3. The number of carbonyl (C=O) groups is 1. The molecule has 18 heavy (non-hydrogen) atoms. The maximum absolute atomic E-state index is 10.6. The van der Waals surface area contributed by atoms with E-state index in [1.807, 2.05) is 28.8 Å². The molecule has 0 radical (unpaired) electrons. The molecule has 0 saturated carbocycles. The smallest absolute Gasteiger partial charge is 0.235 e. The Balaban J connectivity index is 2.18. The zero-order chi connectivity index (χ0) is 12.5. The molecule has 2 aromatic heterocycles. The minimum absolute atomic E-state index is 0.638. The quantitative estimate of drug-likeness (QED) is 0.684. The number of aldehydes is 1. The van der Waals surface area contributed by atoms with Crippen LogP contribution in [0.1, 0.15) is 10.4 Å². The van der Waals surface area contributed by atoms with Crippen molar-refractivity contribution in [3.63, 3.8) is 0 Å². The van der Waals surface area contributed by atoms with E-state index in [-0.39, 0.29) is 0 Å². The van der Waals surface area contributed by atoms with E-state index in [4.69, 9.17) is 0 Å². The first-order valence-electron chi connectivity index (χ1n) is 5.34. The van der Waals surface area contributed by atoms with Crippen LogP contribution in [-0.4, -0.2) is 20.7 Å².